The summed E-state index contributed by atoms with van der Waals surface area (Å²) in [5.41, 5.74) is 7.43. The zero-order valence-electron chi connectivity index (χ0n) is 11.7. The summed E-state index contributed by atoms with van der Waals surface area (Å²) in [6.07, 6.45) is 0. The molecule has 4 nitrogen and oxygen atoms in total. The van der Waals surface area contributed by atoms with Crippen molar-refractivity contribution >= 4 is 23.2 Å². The number of rotatable bonds is 5. The molecule has 5 heteroatoms. The zero-order valence-corrected chi connectivity index (χ0v) is 12.4. The summed E-state index contributed by atoms with van der Waals surface area (Å²) in [5, 5.41) is 3.28. The van der Waals surface area contributed by atoms with Crippen LogP contribution in [0, 0.1) is 0 Å². The maximum atomic E-state index is 11.8. The lowest BCUT2D eigenvalue weighted by molar-refractivity contribution is -0.118. The van der Waals surface area contributed by atoms with Gasteiger partial charge in [0.1, 0.15) is 5.75 Å². The van der Waals surface area contributed by atoms with Crippen molar-refractivity contribution in [1.82, 2.24) is 0 Å². The van der Waals surface area contributed by atoms with E-state index in [0.717, 1.165) is 5.56 Å². The maximum absolute atomic E-state index is 11.8. The monoisotopic (exact) mass is 304 g/mol. The maximum Gasteiger partial charge on any atom is 0.262 e. The average Bonchev–Trinajstić information content (AvgIpc) is 2.45. The quantitative estimate of drug-likeness (QED) is 0.890. The summed E-state index contributed by atoms with van der Waals surface area (Å²) in [6.45, 7) is 1.85. The Bertz CT molecular complexity index is 612. The molecule has 2 rings (SSSR count). The Kier molecular flexibility index (Phi) is 5.20. The molecule has 0 heterocycles. The Balaban J connectivity index is 1.86. The Labute approximate surface area is 128 Å². The van der Waals surface area contributed by atoms with Gasteiger partial charge in [0.25, 0.3) is 5.91 Å². The number of benzene rings is 2. The average molecular weight is 305 g/mol. The van der Waals surface area contributed by atoms with Crippen LogP contribution in [0.2, 0.25) is 5.02 Å². The minimum atomic E-state index is -0.242. The third-order valence-corrected chi connectivity index (χ3v) is 3.12. The SMILES string of the molecule is C[C@H](N)c1ccc(OCC(=O)Nc2cccc(Cl)c2)cc1. The van der Waals surface area contributed by atoms with E-state index >= 15 is 0 Å². The molecule has 0 bridgehead atoms. The van der Waals surface area contributed by atoms with Crippen molar-refractivity contribution in [2.75, 3.05) is 11.9 Å². The summed E-state index contributed by atoms with van der Waals surface area (Å²) in [7, 11) is 0. The van der Waals surface area contributed by atoms with E-state index in [0.29, 0.717) is 16.5 Å². The molecule has 110 valence electrons. The largest absolute Gasteiger partial charge is 0.484 e. The van der Waals surface area contributed by atoms with Crippen LogP contribution in [0.15, 0.2) is 48.5 Å². The van der Waals surface area contributed by atoms with E-state index < -0.39 is 0 Å². The molecule has 0 unspecified atom stereocenters. The van der Waals surface area contributed by atoms with Crippen LogP contribution in [-0.2, 0) is 4.79 Å². The first-order valence-electron chi connectivity index (χ1n) is 6.58. The molecule has 0 aliphatic rings. The van der Waals surface area contributed by atoms with E-state index in [4.69, 9.17) is 22.1 Å². The first kappa shape index (κ1) is 15.4. The summed E-state index contributed by atoms with van der Waals surface area (Å²) >= 11 is 5.85. The van der Waals surface area contributed by atoms with Crippen LogP contribution in [0.1, 0.15) is 18.5 Å². The molecule has 3 N–H and O–H groups in total. The molecule has 2 aromatic rings. The molecule has 0 spiro atoms. The van der Waals surface area contributed by atoms with Crippen LogP contribution < -0.4 is 15.8 Å². The molecule has 1 amide bonds. The minimum Gasteiger partial charge on any atom is -0.484 e. The Hall–Kier alpha value is -2.04. The van der Waals surface area contributed by atoms with E-state index in [-0.39, 0.29) is 18.6 Å². The highest BCUT2D eigenvalue weighted by Gasteiger charge is 2.05. The van der Waals surface area contributed by atoms with Crippen LogP contribution >= 0.6 is 11.6 Å². The molecule has 0 aliphatic heterocycles. The van der Waals surface area contributed by atoms with Gasteiger partial charge in [0.2, 0.25) is 0 Å². The van der Waals surface area contributed by atoms with Crippen molar-refractivity contribution in [3.63, 3.8) is 0 Å². The normalized spacial score (nSPS) is 11.8. The fraction of sp³-hybridized carbons (Fsp3) is 0.188. The van der Waals surface area contributed by atoms with Crippen molar-refractivity contribution < 1.29 is 9.53 Å². The van der Waals surface area contributed by atoms with Gasteiger partial charge in [-0.3, -0.25) is 4.79 Å². The summed E-state index contributed by atoms with van der Waals surface area (Å²) in [6, 6.07) is 14.3. The lowest BCUT2D eigenvalue weighted by Gasteiger charge is -2.09. The first-order valence-corrected chi connectivity index (χ1v) is 6.96. The van der Waals surface area contributed by atoms with Gasteiger partial charge in [0.05, 0.1) is 0 Å². The summed E-state index contributed by atoms with van der Waals surface area (Å²) in [5.74, 6) is 0.384. The van der Waals surface area contributed by atoms with Crippen LogP contribution in [0.4, 0.5) is 5.69 Å². The molecule has 0 fully saturated rings. The first-order chi connectivity index (χ1) is 10.0. The fourth-order valence-corrected chi connectivity index (χ4v) is 1.97. The number of carbonyl (C=O) groups is 1. The number of anilines is 1. The second-order valence-electron chi connectivity index (χ2n) is 4.70. The third-order valence-electron chi connectivity index (χ3n) is 2.88. The fourth-order valence-electron chi connectivity index (χ4n) is 1.78. The Morgan fingerprint density at radius 2 is 2.00 bits per heavy atom. The molecule has 0 saturated heterocycles. The van der Waals surface area contributed by atoms with Gasteiger partial charge in [0, 0.05) is 16.8 Å². The highest BCUT2D eigenvalue weighted by molar-refractivity contribution is 6.30. The van der Waals surface area contributed by atoms with E-state index in [2.05, 4.69) is 5.32 Å². The van der Waals surface area contributed by atoms with E-state index in [1.165, 1.54) is 0 Å². The standard InChI is InChI=1S/C16H17ClN2O2/c1-11(18)12-5-7-15(8-6-12)21-10-16(20)19-14-4-2-3-13(17)9-14/h2-9,11H,10,18H2,1H3,(H,19,20)/t11-/m0/s1. The van der Waals surface area contributed by atoms with Gasteiger partial charge in [-0.2, -0.15) is 0 Å². The van der Waals surface area contributed by atoms with Gasteiger partial charge in [-0.1, -0.05) is 29.8 Å². The smallest absolute Gasteiger partial charge is 0.262 e. The molecule has 0 saturated carbocycles. The third kappa shape index (κ3) is 4.77. The van der Waals surface area contributed by atoms with Crippen molar-refractivity contribution in [2.24, 2.45) is 5.73 Å². The number of carbonyl (C=O) groups excluding carboxylic acids is 1. The van der Waals surface area contributed by atoms with Gasteiger partial charge in [-0.25, -0.2) is 0 Å². The van der Waals surface area contributed by atoms with Gasteiger partial charge >= 0.3 is 0 Å². The van der Waals surface area contributed by atoms with Crippen LogP contribution in [-0.4, -0.2) is 12.5 Å². The highest BCUT2D eigenvalue weighted by Crippen LogP contribution is 2.17. The second kappa shape index (κ2) is 7.11. The molecule has 21 heavy (non-hydrogen) atoms. The molecular formula is C16H17ClN2O2. The minimum absolute atomic E-state index is 0.0230. The van der Waals surface area contributed by atoms with Crippen molar-refractivity contribution in [3.05, 3.63) is 59.1 Å². The number of amides is 1. The van der Waals surface area contributed by atoms with E-state index in [1.54, 1.807) is 36.4 Å². The molecule has 0 aromatic heterocycles. The highest BCUT2D eigenvalue weighted by atomic mass is 35.5. The topological polar surface area (TPSA) is 64.3 Å². The molecule has 0 radical (unpaired) electrons. The predicted octanol–water partition coefficient (Wildman–Crippen LogP) is 3.38. The van der Waals surface area contributed by atoms with Gasteiger partial charge < -0.3 is 15.8 Å². The van der Waals surface area contributed by atoms with Gasteiger partial charge in [-0.05, 0) is 42.8 Å². The summed E-state index contributed by atoms with van der Waals surface area (Å²) < 4.78 is 5.42. The van der Waals surface area contributed by atoms with Crippen molar-refractivity contribution in [1.29, 1.82) is 0 Å². The number of halogens is 1. The number of nitrogens with one attached hydrogen (secondary N) is 1. The van der Waals surface area contributed by atoms with Crippen LogP contribution in [0.5, 0.6) is 5.75 Å². The lowest BCUT2D eigenvalue weighted by atomic mass is 10.1. The number of hydrogen-bond donors (Lipinski definition) is 2. The van der Waals surface area contributed by atoms with E-state index in [9.17, 15) is 4.79 Å². The molecule has 1 atom stereocenters. The number of nitrogens with two attached hydrogens (primary N) is 1. The predicted molar refractivity (Wildman–Crippen MR) is 84.6 cm³/mol. The second-order valence-corrected chi connectivity index (χ2v) is 5.14. The van der Waals surface area contributed by atoms with Crippen LogP contribution in [0.3, 0.4) is 0 Å². The van der Waals surface area contributed by atoms with Crippen molar-refractivity contribution in [2.45, 2.75) is 13.0 Å². The molecule has 0 aliphatic carbocycles. The van der Waals surface area contributed by atoms with Gasteiger partial charge in [-0.15, -0.1) is 0 Å². The molecular weight excluding hydrogens is 288 g/mol. The Morgan fingerprint density at radius 3 is 2.62 bits per heavy atom. The van der Waals surface area contributed by atoms with E-state index in [1.807, 2.05) is 19.1 Å². The van der Waals surface area contributed by atoms with Gasteiger partial charge in [0.15, 0.2) is 6.61 Å². The lowest BCUT2D eigenvalue weighted by Crippen LogP contribution is -2.20. The summed E-state index contributed by atoms with van der Waals surface area (Å²) in [4.78, 5) is 11.8. The van der Waals surface area contributed by atoms with Crippen molar-refractivity contribution in [3.8, 4) is 5.75 Å². The number of hydrogen-bond acceptors (Lipinski definition) is 3. The zero-order chi connectivity index (χ0) is 15.2. The number of ether oxygens (including phenoxy) is 1. The Morgan fingerprint density at radius 1 is 1.29 bits per heavy atom. The van der Waals surface area contributed by atoms with Crippen LogP contribution in [0.25, 0.3) is 0 Å². The molecule has 2 aromatic carbocycles.